The summed E-state index contributed by atoms with van der Waals surface area (Å²) in [6.07, 6.45) is 12.6. The number of hydrogen-bond acceptors (Lipinski definition) is 7. The largest absolute Gasteiger partial charge is 0.465 e. The molecule has 53 heavy (non-hydrogen) atoms. The van der Waals surface area contributed by atoms with E-state index in [9.17, 15) is 19.2 Å². The third-order valence-corrected chi connectivity index (χ3v) is 16.4. The van der Waals surface area contributed by atoms with Gasteiger partial charge in [0.25, 0.3) is 0 Å². The van der Waals surface area contributed by atoms with Gasteiger partial charge in [-0.3, -0.25) is 19.2 Å². The van der Waals surface area contributed by atoms with Crippen LogP contribution in [0.25, 0.3) is 0 Å². The molecule has 2 saturated heterocycles. The molecule has 0 spiro atoms. The van der Waals surface area contributed by atoms with E-state index in [-0.39, 0.29) is 112 Å². The Labute approximate surface area is 326 Å². The fourth-order valence-electron chi connectivity index (χ4n) is 14.8. The van der Waals surface area contributed by atoms with Crippen LogP contribution in [0.15, 0.2) is 0 Å². The number of fused-ring (bicyclic) bond motifs is 7. The van der Waals surface area contributed by atoms with Crippen molar-refractivity contribution in [3.63, 3.8) is 0 Å². The maximum absolute atomic E-state index is 15.0. The summed E-state index contributed by atoms with van der Waals surface area (Å²) in [5.74, 6) is 2.63. The number of carbonyl (C=O) groups excluding carboxylic acids is 4. The van der Waals surface area contributed by atoms with Crippen molar-refractivity contribution in [3.8, 4) is 0 Å². The van der Waals surface area contributed by atoms with E-state index >= 15 is 0 Å². The second-order valence-electron chi connectivity index (χ2n) is 18.4. The van der Waals surface area contributed by atoms with Gasteiger partial charge in [-0.1, -0.05) is 73.3 Å². The Hall–Kier alpha value is -1.92. The summed E-state index contributed by atoms with van der Waals surface area (Å²) in [5.41, 5.74) is -0.487. The highest BCUT2D eigenvalue weighted by Gasteiger charge is 2.65. The highest BCUT2D eigenvalue weighted by atomic mass is 16.6. The molecule has 10 fully saturated rings. The van der Waals surface area contributed by atoms with E-state index in [1.807, 2.05) is 6.92 Å². The van der Waals surface area contributed by atoms with E-state index in [0.29, 0.717) is 42.1 Å². The van der Waals surface area contributed by atoms with Crippen molar-refractivity contribution in [2.24, 2.45) is 100 Å². The van der Waals surface area contributed by atoms with Crippen molar-refractivity contribution in [1.29, 1.82) is 0 Å². The minimum absolute atomic E-state index is 0. The van der Waals surface area contributed by atoms with E-state index in [1.165, 1.54) is 38.5 Å². The van der Waals surface area contributed by atoms with Crippen LogP contribution < -0.4 is 0 Å². The smallest absolute Gasteiger partial charge is 0.317 e. The highest BCUT2D eigenvalue weighted by Crippen LogP contribution is 2.67. The zero-order valence-electron chi connectivity index (χ0n) is 27.6. The van der Waals surface area contributed by atoms with Gasteiger partial charge in [-0.15, -0.1) is 0 Å². The molecule has 2 aliphatic heterocycles. The normalized spacial score (nSPS) is 44.8. The number of carbonyl (C=O) groups is 4. The Morgan fingerprint density at radius 3 is 1.85 bits per heavy atom. The lowest BCUT2D eigenvalue weighted by Crippen LogP contribution is -2.58. The molecule has 8 aliphatic carbocycles. The maximum Gasteiger partial charge on any atom is 0.317 e. The third-order valence-electron chi connectivity index (χ3n) is 16.4. The molecule has 310 valence electrons. The van der Waals surface area contributed by atoms with Gasteiger partial charge in [-0.2, -0.15) is 0 Å². The first-order valence-electron chi connectivity index (χ1n) is 18.6. The molecular formula is C46H84O7. The van der Waals surface area contributed by atoms with Gasteiger partial charge in [0.05, 0.1) is 30.3 Å². The molecule has 7 nitrogen and oxygen atoms in total. The summed E-state index contributed by atoms with van der Waals surface area (Å²) >= 11 is 0. The summed E-state index contributed by atoms with van der Waals surface area (Å²) < 4.78 is 17.7. The molecule has 7 heteroatoms. The van der Waals surface area contributed by atoms with E-state index in [2.05, 4.69) is 20.8 Å². The number of hydrogen-bond donors (Lipinski definition) is 0. The summed E-state index contributed by atoms with van der Waals surface area (Å²) in [7, 11) is 0. The molecule has 0 N–H and O–H groups in total. The van der Waals surface area contributed by atoms with E-state index in [0.717, 1.165) is 49.9 Å². The van der Waals surface area contributed by atoms with Gasteiger partial charge in [0, 0.05) is 11.3 Å². The lowest BCUT2D eigenvalue weighted by molar-refractivity contribution is -0.206. The van der Waals surface area contributed by atoms with Gasteiger partial charge in [-0.25, -0.2) is 0 Å². The van der Waals surface area contributed by atoms with Gasteiger partial charge >= 0.3 is 23.9 Å². The van der Waals surface area contributed by atoms with Gasteiger partial charge in [0.2, 0.25) is 0 Å². The minimum Gasteiger partial charge on any atom is -0.465 e. The predicted molar refractivity (Wildman–Crippen MR) is 216 cm³/mol. The second-order valence-corrected chi connectivity index (χ2v) is 18.4. The molecule has 0 aromatic rings. The van der Waals surface area contributed by atoms with Crippen molar-refractivity contribution in [2.45, 2.75) is 163 Å². The fourth-order valence-corrected chi connectivity index (χ4v) is 14.8. The Balaban J connectivity index is 0.00000176. The van der Waals surface area contributed by atoms with Crippen LogP contribution in [0.4, 0.5) is 0 Å². The molecule has 8 saturated carbocycles. The lowest BCUT2D eigenvalue weighted by Gasteiger charge is -2.61. The topological polar surface area (TPSA) is 96.0 Å². The van der Waals surface area contributed by atoms with Crippen LogP contribution in [0.1, 0.15) is 158 Å². The summed E-state index contributed by atoms with van der Waals surface area (Å²) in [6.45, 7) is 9.07. The molecule has 13 atom stereocenters. The van der Waals surface area contributed by atoms with E-state index < -0.39 is 23.4 Å². The molecule has 8 bridgehead atoms. The monoisotopic (exact) mass is 749 g/mol. The van der Waals surface area contributed by atoms with Gasteiger partial charge in [-0.05, 0) is 150 Å². The average Bonchev–Trinajstić information content (AvgIpc) is 3.80. The van der Waals surface area contributed by atoms with Crippen molar-refractivity contribution in [2.75, 3.05) is 6.61 Å². The Morgan fingerprint density at radius 1 is 0.736 bits per heavy atom. The van der Waals surface area contributed by atoms with Crippen molar-refractivity contribution in [3.05, 3.63) is 0 Å². The van der Waals surface area contributed by atoms with Crippen molar-refractivity contribution in [1.82, 2.24) is 0 Å². The molecule has 0 radical (unpaired) electrons. The first-order chi connectivity index (χ1) is 21.4. The molecule has 0 aromatic heterocycles. The van der Waals surface area contributed by atoms with E-state index in [1.54, 1.807) is 0 Å². The molecule has 2 heterocycles. The predicted octanol–water partition coefficient (Wildman–Crippen LogP) is 11.3. The minimum atomic E-state index is -0.544. The number of cyclic esters (lactones) is 3. The Morgan fingerprint density at radius 2 is 1.30 bits per heavy atom. The van der Waals surface area contributed by atoms with Crippen molar-refractivity contribution >= 4 is 23.9 Å². The lowest BCUT2D eigenvalue weighted by atomic mass is 9.46. The zero-order valence-corrected chi connectivity index (χ0v) is 27.6. The van der Waals surface area contributed by atoms with Crippen LogP contribution in [0, 0.1) is 100 Å². The first kappa shape index (κ1) is 49.1. The molecule has 10 rings (SSSR count). The first-order valence-corrected chi connectivity index (χ1v) is 18.6. The second kappa shape index (κ2) is 16.7. The fraction of sp³-hybridized carbons (Fsp3) is 0.913. The number of rotatable bonds is 7. The van der Waals surface area contributed by atoms with Crippen LogP contribution in [-0.4, -0.2) is 36.1 Å². The highest BCUT2D eigenvalue weighted by molar-refractivity contribution is 5.96. The molecular weight excluding hydrogens is 664 g/mol. The van der Waals surface area contributed by atoms with Crippen LogP contribution >= 0.6 is 0 Å². The molecule has 10 aliphatic rings. The molecule has 13 unspecified atom stereocenters. The van der Waals surface area contributed by atoms with Crippen LogP contribution in [0.3, 0.4) is 0 Å². The molecule has 0 amide bonds. The Kier molecular flexibility index (Phi) is 15.4. The zero-order chi connectivity index (χ0) is 31.2. The Bertz CT molecular complexity index is 1280. The summed E-state index contributed by atoms with van der Waals surface area (Å²) in [5, 5.41) is 0. The molecule has 0 aromatic carbocycles. The number of ether oxygens (including phenoxy) is 3. The standard InChI is InChI=1S/C38H52O7.8CH4/c1-17-24(26-12-25(17)32-28(26)16-43-35(32)41)11-27(30-22-5-6-23(10-22)31(30)29-18(2)33(39)44-36(29)42)34(40)45-37(3,4)38-13-19-7-20(14-38)9-21(8-19)15-38;;;;;;;;/h17-32H,5-16H2,1-4H3;8*1H4. The van der Waals surface area contributed by atoms with Gasteiger partial charge in [0.15, 0.2) is 0 Å². The maximum atomic E-state index is 15.0. The van der Waals surface area contributed by atoms with E-state index in [4.69, 9.17) is 14.2 Å². The average molecular weight is 749 g/mol. The quantitative estimate of drug-likeness (QED) is 0.145. The third kappa shape index (κ3) is 6.95. The van der Waals surface area contributed by atoms with Crippen molar-refractivity contribution < 1.29 is 33.4 Å². The van der Waals surface area contributed by atoms with Crippen LogP contribution in [0.5, 0.6) is 0 Å². The van der Waals surface area contributed by atoms with Gasteiger partial charge in [0.1, 0.15) is 5.60 Å². The number of esters is 4. The van der Waals surface area contributed by atoms with Crippen LogP contribution in [0.2, 0.25) is 0 Å². The summed E-state index contributed by atoms with van der Waals surface area (Å²) in [4.78, 5) is 53.5. The van der Waals surface area contributed by atoms with Crippen LogP contribution in [-0.2, 0) is 33.4 Å². The van der Waals surface area contributed by atoms with Gasteiger partial charge < -0.3 is 14.2 Å². The SMILES string of the molecule is C.C.C.C.C.C.C.C.CC1C(=O)OC(=O)C1C1C2CCC(C2)C1C(CC1C(C)C2CC1C1COC(=O)C21)C(=O)OC(C)(C)C12CC3CC(CC(C3)C1)C2. The summed E-state index contributed by atoms with van der Waals surface area (Å²) in [6, 6.07) is 0.